The molecule has 1 aromatic carbocycles. The number of hydrogen-bond donors (Lipinski definition) is 1. The zero-order valence-electron chi connectivity index (χ0n) is 9.41. The van der Waals surface area contributed by atoms with Crippen molar-refractivity contribution in [1.82, 2.24) is 9.97 Å². The van der Waals surface area contributed by atoms with Gasteiger partial charge in [0.05, 0.1) is 12.1 Å². The van der Waals surface area contributed by atoms with Crippen molar-refractivity contribution >= 4 is 10.9 Å². The zero-order chi connectivity index (χ0) is 12.4. The average Bonchev–Trinajstić information content (AvgIpc) is 2.86. The lowest BCUT2D eigenvalue weighted by Crippen LogP contribution is -1.87. The fraction of sp³-hybridized carbons (Fsp3) is 0.0769. The minimum absolute atomic E-state index is 0.106. The number of rotatable bonds is 3. The quantitative estimate of drug-likeness (QED) is 0.764. The van der Waals surface area contributed by atoms with Crippen LogP contribution in [-0.4, -0.2) is 15.1 Å². The second-order valence-electron chi connectivity index (χ2n) is 3.72. The maximum absolute atomic E-state index is 8.87. The zero-order valence-corrected chi connectivity index (χ0v) is 9.41. The van der Waals surface area contributed by atoms with E-state index in [1.165, 1.54) is 6.26 Å². The molecule has 0 atom stereocenters. The molecule has 0 aliphatic heterocycles. The van der Waals surface area contributed by atoms with Crippen molar-refractivity contribution in [3.05, 3.63) is 48.5 Å². The van der Waals surface area contributed by atoms with Gasteiger partial charge in [-0.2, -0.15) is 4.98 Å². The van der Waals surface area contributed by atoms with Crippen LogP contribution < -0.4 is 4.74 Å². The van der Waals surface area contributed by atoms with E-state index < -0.39 is 0 Å². The van der Waals surface area contributed by atoms with Gasteiger partial charge in [-0.3, -0.25) is 4.98 Å². The van der Waals surface area contributed by atoms with E-state index in [4.69, 9.17) is 14.3 Å². The number of pyridine rings is 1. The normalized spacial score (nSPS) is 10.7. The molecule has 2 aromatic heterocycles. The van der Waals surface area contributed by atoms with Gasteiger partial charge in [0, 0.05) is 17.6 Å². The van der Waals surface area contributed by atoms with Gasteiger partial charge in [-0.25, -0.2) is 0 Å². The van der Waals surface area contributed by atoms with Gasteiger partial charge in [-0.15, -0.1) is 0 Å². The average molecular weight is 242 g/mol. The summed E-state index contributed by atoms with van der Waals surface area (Å²) in [7, 11) is 0. The first-order valence-electron chi connectivity index (χ1n) is 5.43. The number of aromatic nitrogens is 2. The predicted molar refractivity (Wildman–Crippen MR) is 64.2 cm³/mol. The molecule has 0 aliphatic rings. The van der Waals surface area contributed by atoms with Crippen LogP contribution in [0.25, 0.3) is 10.9 Å². The van der Waals surface area contributed by atoms with E-state index in [-0.39, 0.29) is 12.7 Å². The van der Waals surface area contributed by atoms with E-state index in [1.54, 1.807) is 12.3 Å². The monoisotopic (exact) mass is 242 g/mol. The van der Waals surface area contributed by atoms with E-state index in [1.807, 2.05) is 24.3 Å². The van der Waals surface area contributed by atoms with Crippen molar-refractivity contribution in [2.75, 3.05) is 0 Å². The Labute approximate surface area is 103 Å². The molecular weight excluding hydrogens is 232 g/mol. The van der Waals surface area contributed by atoms with Crippen LogP contribution in [0, 0.1) is 0 Å². The summed E-state index contributed by atoms with van der Waals surface area (Å²) in [4.78, 5) is 8.18. The molecule has 5 nitrogen and oxygen atoms in total. The van der Waals surface area contributed by atoms with E-state index >= 15 is 0 Å². The fourth-order valence-corrected chi connectivity index (χ4v) is 1.62. The highest BCUT2D eigenvalue weighted by atomic mass is 16.6. The predicted octanol–water partition coefficient (Wildman–Crippen LogP) is 2.51. The van der Waals surface area contributed by atoms with E-state index in [0.29, 0.717) is 11.4 Å². The molecule has 0 aliphatic carbocycles. The van der Waals surface area contributed by atoms with Crippen molar-refractivity contribution in [1.29, 1.82) is 0 Å². The van der Waals surface area contributed by atoms with Gasteiger partial charge in [0.1, 0.15) is 17.7 Å². The number of fused-ring (bicyclic) bond motifs is 1. The molecule has 0 saturated heterocycles. The van der Waals surface area contributed by atoms with E-state index in [2.05, 4.69) is 9.97 Å². The summed E-state index contributed by atoms with van der Waals surface area (Å²) in [5, 5.41) is 9.91. The standard InChI is InChI=1S/C13H10N2O3/c16-7-10-8-17-13(15-10)18-11-4-3-9-2-1-5-14-12(9)6-11/h1-6,8,16H,7H2. The molecule has 0 fully saturated rings. The summed E-state index contributed by atoms with van der Waals surface area (Å²) in [6.07, 6.45) is 3.18. The van der Waals surface area contributed by atoms with E-state index in [9.17, 15) is 0 Å². The first-order valence-corrected chi connectivity index (χ1v) is 5.43. The number of hydrogen-bond acceptors (Lipinski definition) is 5. The lowest BCUT2D eigenvalue weighted by atomic mass is 10.2. The van der Waals surface area contributed by atoms with Crippen LogP contribution in [0.1, 0.15) is 5.69 Å². The molecule has 18 heavy (non-hydrogen) atoms. The van der Waals surface area contributed by atoms with Crippen molar-refractivity contribution in [3.8, 4) is 11.8 Å². The topological polar surface area (TPSA) is 68.4 Å². The molecule has 0 saturated carbocycles. The summed E-state index contributed by atoms with van der Waals surface area (Å²) in [6, 6.07) is 9.38. The first-order chi connectivity index (χ1) is 8.85. The fourth-order valence-electron chi connectivity index (χ4n) is 1.62. The van der Waals surface area contributed by atoms with Crippen molar-refractivity contribution in [2.24, 2.45) is 0 Å². The summed E-state index contributed by atoms with van der Waals surface area (Å²) in [5.41, 5.74) is 1.27. The molecule has 90 valence electrons. The molecule has 0 bridgehead atoms. The van der Waals surface area contributed by atoms with Crippen LogP contribution in [0.15, 0.2) is 47.2 Å². The van der Waals surface area contributed by atoms with Gasteiger partial charge in [0.25, 0.3) is 0 Å². The Hall–Kier alpha value is -2.40. The summed E-state index contributed by atoms with van der Waals surface area (Å²) >= 11 is 0. The van der Waals surface area contributed by atoms with Crippen molar-refractivity contribution < 1.29 is 14.3 Å². The summed E-state index contributed by atoms with van der Waals surface area (Å²) in [6.45, 7) is -0.174. The van der Waals surface area contributed by atoms with Crippen molar-refractivity contribution in [2.45, 2.75) is 6.61 Å². The highest BCUT2D eigenvalue weighted by Crippen LogP contribution is 2.24. The Morgan fingerprint density at radius 2 is 2.22 bits per heavy atom. The van der Waals surface area contributed by atoms with Gasteiger partial charge in [-0.1, -0.05) is 6.07 Å². The molecule has 3 rings (SSSR count). The molecule has 2 heterocycles. The third-order valence-electron chi connectivity index (χ3n) is 2.48. The maximum Gasteiger partial charge on any atom is 0.399 e. The molecule has 0 amide bonds. The third-order valence-corrected chi connectivity index (χ3v) is 2.48. The number of benzene rings is 1. The Kier molecular flexibility index (Phi) is 2.66. The van der Waals surface area contributed by atoms with Crippen LogP contribution in [0.3, 0.4) is 0 Å². The van der Waals surface area contributed by atoms with Gasteiger partial charge < -0.3 is 14.3 Å². The first kappa shape index (κ1) is 10.7. The third kappa shape index (κ3) is 2.03. The van der Waals surface area contributed by atoms with Crippen LogP contribution >= 0.6 is 0 Å². The largest absolute Gasteiger partial charge is 0.417 e. The Morgan fingerprint density at radius 1 is 1.28 bits per heavy atom. The number of oxazole rings is 1. The molecule has 3 aromatic rings. The number of aliphatic hydroxyl groups is 1. The minimum atomic E-state index is -0.174. The smallest absolute Gasteiger partial charge is 0.399 e. The maximum atomic E-state index is 8.87. The minimum Gasteiger partial charge on any atom is -0.417 e. The molecule has 1 N–H and O–H groups in total. The number of ether oxygens (including phenoxy) is 1. The van der Waals surface area contributed by atoms with E-state index in [0.717, 1.165) is 10.9 Å². The Bertz CT molecular complexity index is 679. The Morgan fingerprint density at radius 3 is 3.06 bits per heavy atom. The van der Waals surface area contributed by atoms with Crippen LogP contribution in [0.5, 0.6) is 11.8 Å². The van der Waals surface area contributed by atoms with Crippen LogP contribution in [0.4, 0.5) is 0 Å². The van der Waals surface area contributed by atoms with Crippen LogP contribution in [0.2, 0.25) is 0 Å². The molecular formula is C13H10N2O3. The van der Waals surface area contributed by atoms with Gasteiger partial charge in [0.15, 0.2) is 0 Å². The van der Waals surface area contributed by atoms with Gasteiger partial charge in [0.2, 0.25) is 0 Å². The van der Waals surface area contributed by atoms with Gasteiger partial charge >= 0.3 is 6.08 Å². The van der Waals surface area contributed by atoms with Crippen molar-refractivity contribution in [3.63, 3.8) is 0 Å². The molecule has 0 unspecified atom stereocenters. The lowest BCUT2D eigenvalue weighted by molar-refractivity contribution is 0.276. The number of nitrogens with zero attached hydrogens (tertiary/aromatic N) is 2. The highest BCUT2D eigenvalue weighted by molar-refractivity contribution is 5.79. The molecule has 0 radical (unpaired) electrons. The SMILES string of the molecule is OCc1coc(Oc2ccc3cccnc3c2)n1. The second-order valence-corrected chi connectivity index (χ2v) is 3.72. The summed E-state index contributed by atoms with van der Waals surface area (Å²) < 4.78 is 10.5. The molecule has 0 spiro atoms. The number of aliphatic hydroxyl groups excluding tert-OH is 1. The lowest BCUT2D eigenvalue weighted by Gasteiger charge is -2.01. The second kappa shape index (κ2) is 4.46. The summed E-state index contributed by atoms with van der Waals surface area (Å²) in [5.74, 6) is 0.590. The Balaban J connectivity index is 1.90. The van der Waals surface area contributed by atoms with Crippen LogP contribution in [-0.2, 0) is 6.61 Å². The van der Waals surface area contributed by atoms with Gasteiger partial charge in [-0.05, 0) is 18.2 Å². The highest BCUT2D eigenvalue weighted by Gasteiger charge is 2.06. The molecule has 5 heteroatoms.